The predicted octanol–water partition coefficient (Wildman–Crippen LogP) is 0.818. The van der Waals surface area contributed by atoms with Gasteiger partial charge < -0.3 is 21.1 Å². The van der Waals surface area contributed by atoms with Crippen LogP contribution in [0, 0.1) is 0 Å². The zero-order valence-electron chi connectivity index (χ0n) is 9.94. The Kier molecular flexibility index (Phi) is 3.09. The molecule has 1 aliphatic carbocycles. The molecule has 1 aliphatic heterocycles. The summed E-state index contributed by atoms with van der Waals surface area (Å²) in [5.41, 5.74) is 6.26. The SMILES string of the molecule is Nc1nsc(NC2CCOC2)c1C(=O)NC1CC1. The maximum Gasteiger partial charge on any atom is 0.258 e. The first-order valence-corrected chi connectivity index (χ1v) is 6.91. The normalized spacial score (nSPS) is 23.0. The number of nitrogens with two attached hydrogens (primary N) is 1. The van der Waals surface area contributed by atoms with Gasteiger partial charge in [0.2, 0.25) is 0 Å². The molecule has 6 nitrogen and oxygen atoms in total. The summed E-state index contributed by atoms with van der Waals surface area (Å²) in [5, 5.41) is 6.98. The predicted molar refractivity (Wildman–Crippen MR) is 69.9 cm³/mol. The van der Waals surface area contributed by atoms with Crippen LogP contribution in [0.3, 0.4) is 0 Å². The molecule has 2 aliphatic rings. The Morgan fingerprint density at radius 1 is 1.39 bits per heavy atom. The highest BCUT2D eigenvalue weighted by Gasteiger charge is 2.28. The number of rotatable bonds is 4. The van der Waals surface area contributed by atoms with Crippen molar-refractivity contribution >= 4 is 28.3 Å². The fourth-order valence-corrected chi connectivity index (χ4v) is 2.73. The van der Waals surface area contributed by atoms with Crippen LogP contribution >= 0.6 is 11.5 Å². The number of aromatic nitrogens is 1. The van der Waals surface area contributed by atoms with E-state index in [-0.39, 0.29) is 11.9 Å². The number of carbonyl (C=O) groups is 1. The summed E-state index contributed by atoms with van der Waals surface area (Å²) in [5.74, 6) is 0.185. The van der Waals surface area contributed by atoms with Crippen LogP contribution in [0.2, 0.25) is 0 Å². The van der Waals surface area contributed by atoms with Gasteiger partial charge in [0.1, 0.15) is 10.6 Å². The second kappa shape index (κ2) is 4.74. The summed E-state index contributed by atoms with van der Waals surface area (Å²) in [4.78, 5) is 12.1. The van der Waals surface area contributed by atoms with Crippen molar-refractivity contribution in [1.29, 1.82) is 0 Å². The average molecular weight is 268 g/mol. The summed E-state index contributed by atoms with van der Waals surface area (Å²) in [6.45, 7) is 1.43. The zero-order valence-corrected chi connectivity index (χ0v) is 10.8. The van der Waals surface area contributed by atoms with Gasteiger partial charge in [-0.05, 0) is 30.8 Å². The van der Waals surface area contributed by atoms with Crippen molar-refractivity contribution in [3.8, 4) is 0 Å². The lowest BCUT2D eigenvalue weighted by atomic mass is 10.2. The molecule has 1 saturated carbocycles. The van der Waals surface area contributed by atoms with Crippen LogP contribution in [-0.4, -0.2) is 35.6 Å². The molecule has 2 heterocycles. The van der Waals surface area contributed by atoms with Crippen LogP contribution < -0.4 is 16.4 Å². The molecule has 2 fully saturated rings. The van der Waals surface area contributed by atoms with E-state index in [1.165, 1.54) is 11.5 Å². The fourth-order valence-electron chi connectivity index (χ4n) is 1.94. The lowest BCUT2D eigenvalue weighted by molar-refractivity contribution is 0.0953. The number of carbonyl (C=O) groups excluding carboxylic acids is 1. The van der Waals surface area contributed by atoms with E-state index in [0.29, 0.717) is 24.0 Å². The Balaban J connectivity index is 1.74. The third kappa shape index (κ3) is 2.41. The van der Waals surface area contributed by atoms with Crippen LogP contribution in [0.4, 0.5) is 10.8 Å². The number of nitrogens with one attached hydrogen (secondary N) is 2. The molecule has 3 rings (SSSR count). The van der Waals surface area contributed by atoms with Gasteiger partial charge in [0.15, 0.2) is 5.82 Å². The Hall–Kier alpha value is -1.34. The molecular weight excluding hydrogens is 252 g/mol. The first kappa shape index (κ1) is 11.7. The maximum absolute atomic E-state index is 12.1. The summed E-state index contributed by atoms with van der Waals surface area (Å²) >= 11 is 1.24. The first-order valence-electron chi connectivity index (χ1n) is 6.14. The van der Waals surface area contributed by atoms with E-state index in [9.17, 15) is 4.79 Å². The van der Waals surface area contributed by atoms with E-state index in [1.54, 1.807) is 0 Å². The standard InChI is InChI=1S/C11H16N4O2S/c12-9-8(10(16)13-6-1-2-6)11(18-15-9)14-7-3-4-17-5-7/h6-7,14H,1-5H2,(H2,12,15)(H,13,16). The monoisotopic (exact) mass is 268 g/mol. The first-order chi connectivity index (χ1) is 8.74. The Morgan fingerprint density at radius 3 is 2.89 bits per heavy atom. The molecule has 1 atom stereocenters. The number of nitrogens with zero attached hydrogens (tertiary/aromatic N) is 1. The molecule has 1 saturated heterocycles. The summed E-state index contributed by atoms with van der Waals surface area (Å²) in [7, 11) is 0. The molecule has 1 aromatic heterocycles. The minimum absolute atomic E-state index is 0.120. The van der Waals surface area contributed by atoms with E-state index >= 15 is 0 Å². The summed E-state index contributed by atoms with van der Waals surface area (Å²) < 4.78 is 9.36. The third-order valence-electron chi connectivity index (χ3n) is 3.12. The lowest BCUT2D eigenvalue weighted by Gasteiger charge is -2.11. The van der Waals surface area contributed by atoms with Crippen molar-refractivity contribution in [1.82, 2.24) is 9.69 Å². The van der Waals surface area contributed by atoms with Crippen molar-refractivity contribution in [2.45, 2.75) is 31.3 Å². The van der Waals surface area contributed by atoms with Gasteiger partial charge in [-0.2, -0.15) is 4.37 Å². The number of anilines is 2. The van der Waals surface area contributed by atoms with E-state index in [0.717, 1.165) is 30.9 Å². The van der Waals surface area contributed by atoms with E-state index in [1.807, 2.05) is 0 Å². The van der Waals surface area contributed by atoms with Crippen LogP contribution in [0.1, 0.15) is 29.6 Å². The second-order valence-electron chi connectivity index (χ2n) is 4.72. The highest BCUT2D eigenvalue weighted by molar-refractivity contribution is 7.11. The van der Waals surface area contributed by atoms with Crippen molar-refractivity contribution in [3.05, 3.63) is 5.56 Å². The maximum atomic E-state index is 12.1. The molecule has 1 aromatic rings. The largest absolute Gasteiger partial charge is 0.382 e. The number of hydrogen-bond acceptors (Lipinski definition) is 6. The molecule has 0 radical (unpaired) electrons. The summed E-state index contributed by atoms with van der Waals surface area (Å²) in [6, 6.07) is 0.566. The van der Waals surface area contributed by atoms with Crippen molar-refractivity contribution in [2.24, 2.45) is 0 Å². The van der Waals surface area contributed by atoms with E-state index in [4.69, 9.17) is 10.5 Å². The van der Waals surface area contributed by atoms with Gasteiger partial charge in [0, 0.05) is 12.6 Å². The molecule has 98 valence electrons. The molecule has 7 heteroatoms. The third-order valence-corrected chi connectivity index (χ3v) is 3.92. The fraction of sp³-hybridized carbons (Fsp3) is 0.636. The van der Waals surface area contributed by atoms with E-state index < -0.39 is 0 Å². The molecule has 18 heavy (non-hydrogen) atoms. The highest BCUT2D eigenvalue weighted by Crippen LogP contribution is 2.29. The van der Waals surface area contributed by atoms with Crippen molar-refractivity contribution in [3.63, 3.8) is 0 Å². The zero-order chi connectivity index (χ0) is 12.5. The number of amides is 1. The van der Waals surface area contributed by atoms with Gasteiger partial charge >= 0.3 is 0 Å². The molecule has 0 aromatic carbocycles. The quantitative estimate of drug-likeness (QED) is 0.752. The molecule has 0 bridgehead atoms. The topological polar surface area (TPSA) is 89.3 Å². The van der Waals surface area contributed by atoms with Crippen LogP contribution in [0.5, 0.6) is 0 Å². The average Bonchev–Trinajstić information content (AvgIpc) is 2.87. The molecular formula is C11H16N4O2S. The van der Waals surface area contributed by atoms with Gasteiger partial charge in [-0.25, -0.2) is 0 Å². The Morgan fingerprint density at radius 2 is 2.22 bits per heavy atom. The van der Waals surface area contributed by atoms with Gasteiger partial charge in [0.05, 0.1) is 12.6 Å². The van der Waals surface area contributed by atoms with Crippen LogP contribution in [0.25, 0.3) is 0 Å². The van der Waals surface area contributed by atoms with Crippen molar-refractivity contribution < 1.29 is 9.53 Å². The van der Waals surface area contributed by atoms with Crippen LogP contribution in [0.15, 0.2) is 0 Å². The smallest absolute Gasteiger partial charge is 0.258 e. The van der Waals surface area contributed by atoms with Gasteiger partial charge in [-0.1, -0.05) is 0 Å². The molecule has 1 amide bonds. The Bertz CT molecular complexity index is 452. The van der Waals surface area contributed by atoms with E-state index in [2.05, 4.69) is 15.0 Å². The summed E-state index contributed by atoms with van der Waals surface area (Å²) in [6.07, 6.45) is 3.06. The highest BCUT2D eigenvalue weighted by atomic mass is 32.1. The number of hydrogen-bond donors (Lipinski definition) is 3. The Labute approximate surface area is 109 Å². The lowest BCUT2D eigenvalue weighted by Crippen LogP contribution is -2.27. The second-order valence-corrected chi connectivity index (χ2v) is 5.50. The molecule has 4 N–H and O–H groups in total. The van der Waals surface area contributed by atoms with Crippen molar-refractivity contribution in [2.75, 3.05) is 24.3 Å². The number of ether oxygens (including phenoxy) is 1. The van der Waals surface area contributed by atoms with Crippen LogP contribution in [-0.2, 0) is 4.74 Å². The number of nitrogen functional groups attached to an aromatic ring is 1. The minimum Gasteiger partial charge on any atom is -0.382 e. The molecule has 0 spiro atoms. The van der Waals surface area contributed by atoms with Gasteiger partial charge in [-0.15, -0.1) is 0 Å². The van der Waals surface area contributed by atoms with Gasteiger partial charge in [-0.3, -0.25) is 4.79 Å². The van der Waals surface area contributed by atoms with Gasteiger partial charge in [0.25, 0.3) is 5.91 Å². The molecule has 1 unspecified atom stereocenters. The minimum atomic E-state index is -0.120.